The van der Waals surface area contributed by atoms with E-state index in [0.717, 1.165) is 18.7 Å². The minimum Gasteiger partial charge on any atom is -0.360 e. The van der Waals surface area contributed by atoms with Gasteiger partial charge < -0.3 is 10.2 Å². The number of nitrogens with zero attached hydrogens (tertiary/aromatic N) is 1. The molecule has 1 aromatic rings. The van der Waals surface area contributed by atoms with Crippen molar-refractivity contribution < 1.29 is 4.79 Å². The monoisotopic (exact) mass is 264 g/mol. The number of hydrogen-bond acceptors (Lipinski definition) is 3. The van der Waals surface area contributed by atoms with Crippen LogP contribution >= 0.6 is 11.8 Å². The van der Waals surface area contributed by atoms with Crippen molar-refractivity contribution in [3.8, 4) is 0 Å². The summed E-state index contributed by atoms with van der Waals surface area (Å²) in [5.74, 6) is 1.17. The van der Waals surface area contributed by atoms with Crippen molar-refractivity contribution in [3.63, 3.8) is 0 Å². The van der Waals surface area contributed by atoms with Crippen molar-refractivity contribution in [2.75, 3.05) is 23.7 Å². The molecule has 0 fully saturated rings. The molecule has 1 atom stereocenters. The highest BCUT2D eigenvalue weighted by atomic mass is 32.2. The average Bonchev–Trinajstić information content (AvgIpc) is 2.39. The van der Waals surface area contributed by atoms with Crippen LogP contribution in [-0.4, -0.2) is 30.8 Å². The van der Waals surface area contributed by atoms with Crippen LogP contribution in [0.4, 0.5) is 5.69 Å². The van der Waals surface area contributed by atoms with Crippen LogP contribution in [0.5, 0.6) is 0 Å². The van der Waals surface area contributed by atoms with Crippen LogP contribution < -0.4 is 10.2 Å². The van der Waals surface area contributed by atoms with Crippen LogP contribution in [0.3, 0.4) is 0 Å². The Hall–Kier alpha value is -1.16. The molecule has 1 aromatic carbocycles. The lowest BCUT2D eigenvalue weighted by atomic mass is 10.2. The summed E-state index contributed by atoms with van der Waals surface area (Å²) in [6.07, 6.45) is 0.970. The lowest BCUT2D eigenvalue weighted by Gasteiger charge is -2.30. The van der Waals surface area contributed by atoms with Gasteiger partial charge in [0.05, 0.1) is 12.2 Å². The molecule has 0 saturated carbocycles. The standard InChI is InChI=1S/C14H20N2OS/c1-3-11(2)15-14(17)10-16-8-9-18-13-7-5-4-6-12(13)16/h4-7,11H,3,8-10H2,1-2H3,(H,15,17)/t11-/m0/s1. The van der Waals surface area contributed by atoms with Crippen LogP contribution in [0, 0.1) is 0 Å². The Morgan fingerprint density at radius 2 is 2.28 bits per heavy atom. The Balaban J connectivity index is 2.01. The molecule has 3 nitrogen and oxygen atoms in total. The molecule has 0 radical (unpaired) electrons. The molecule has 0 bridgehead atoms. The normalized spacial score (nSPS) is 16.0. The lowest BCUT2D eigenvalue weighted by Crippen LogP contribution is -2.42. The second kappa shape index (κ2) is 6.14. The zero-order chi connectivity index (χ0) is 13.0. The highest BCUT2D eigenvalue weighted by Gasteiger charge is 2.19. The molecule has 2 rings (SSSR count). The molecule has 0 spiro atoms. The Kier molecular flexibility index (Phi) is 4.53. The molecular weight excluding hydrogens is 244 g/mol. The van der Waals surface area contributed by atoms with Gasteiger partial charge in [-0.25, -0.2) is 0 Å². The summed E-state index contributed by atoms with van der Waals surface area (Å²) in [5.41, 5.74) is 1.19. The fourth-order valence-corrected chi connectivity index (χ4v) is 3.04. The third kappa shape index (κ3) is 3.19. The van der Waals surface area contributed by atoms with Gasteiger partial charge in [-0.2, -0.15) is 0 Å². The van der Waals surface area contributed by atoms with E-state index in [0.29, 0.717) is 6.54 Å². The Labute approximate surface area is 113 Å². The van der Waals surface area contributed by atoms with E-state index < -0.39 is 0 Å². The summed E-state index contributed by atoms with van der Waals surface area (Å²) in [4.78, 5) is 15.4. The highest BCUT2D eigenvalue weighted by Crippen LogP contribution is 2.33. The first-order valence-electron chi connectivity index (χ1n) is 6.47. The minimum atomic E-state index is 0.117. The number of para-hydroxylation sites is 1. The molecule has 4 heteroatoms. The molecule has 1 heterocycles. The summed E-state index contributed by atoms with van der Waals surface area (Å²) in [6, 6.07) is 8.56. The smallest absolute Gasteiger partial charge is 0.239 e. The average molecular weight is 264 g/mol. The SMILES string of the molecule is CC[C@H](C)NC(=O)CN1CCSc2ccccc21. The molecular formula is C14H20N2OS. The predicted molar refractivity (Wildman–Crippen MR) is 77.3 cm³/mol. The maximum absolute atomic E-state index is 11.9. The predicted octanol–water partition coefficient (Wildman–Crippen LogP) is 2.51. The molecule has 0 aromatic heterocycles. The van der Waals surface area contributed by atoms with Gasteiger partial charge in [-0.05, 0) is 25.5 Å². The summed E-state index contributed by atoms with van der Waals surface area (Å²) >= 11 is 1.86. The number of fused-ring (bicyclic) bond motifs is 1. The van der Waals surface area contributed by atoms with Gasteiger partial charge in [0.1, 0.15) is 0 Å². The molecule has 18 heavy (non-hydrogen) atoms. The molecule has 0 saturated heterocycles. The van der Waals surface area contributed by atoms with Gasteiger partial charge in [-0.1, -0.05) is 19.1 Å². The van der Waals surface area contributed by atoms with E-state index in [1.807, 2.05) is 24.8 Å². The van der Waals surface area contributed by atoms with E-state index in [-0.39, 0.29) is 11.9 Å². The number of benzene rings is 1. The second-order valence-electron chi connectivity index (χ2n) is 4.61. The molecule has 0 aliphatic carbocycles. The van der Waals surface area contributed by atoms with Crippen molar-refractivity contribution >= 4 is 23.4 Å². The number of rotatable bonds is 4. The van der Waals surface area contributed by atoms with Crippen molar-refractivity contribution in [1.29, 1.82) is 0 Å². The fraction of sp³-hybridized carbons (Fsp3) is 0.500. The number of thioether (sulfide) groups is 1. The number of carbonyl (C=O) groups excluding carboxylic acids is 1. The van der Waals surface area contributed by atoms with Gasteiger partial charge in [0, 0.05) is 23.2 Å². The van der Waals surface area contributed by atoms with Crippen molar-refractivity contribution in [2.45, 2.75) is 31.2 Å². The maximum atomic E-state index is 11.9. The first-order valence-corrected chi connectivity index (χ1v) is 7.45. The molecule has 98 valence electrons. The molecule has 0 unspecified atom stereocenters. The van der Waals surface area contributed by atoms with Gasteiger partial charge in [-0.3, -0.25) is 4.79 Å². The van der Waals surface area contributed by atoms with Gasteiger partial charge >= 0.3 is 0 Å². The third-order valence-corrected chi connectivity index (χ3v) is 4.22. The maximum Gasteiger partial charge on any atom is 0.239 e. The van der Waals surface area contributed by atoms with Gasteiger partial charge in [0.2, 0.25) is 5.91 Å². The lowest BCUT2D eigenvalue weighted by molar-refractivity contribution is -0.120. The van der Waals surface area contributed by atoms with Gasteiger partial charge in [0.25, 0.3) is 0 Å². The van der Waals surface area contributed by atoms with E-state index >= 15 is 0 Å². The number of amides is 1. The Morgan fingerprint density at radius 3 is 3.06 bits per heavy atom. The summed E-state index contributed by atoms with van der Waals surface area (Å²) in [5, 5.41) is 3.02. The van der Waals surface area contributed by atoms with E-state index in [9.17, 15) is 4.79 Å². The zero-order valence-corrected chi connectivity index (χ0v) is 11.8. The first-order chi connectivity index (χ1) is 8.70. The minimum absolute atomic E-state index is 0.117. The fourth-order valence-electron chi connectivity index (χ4n) is 1.99. The van der Waals surface area contributed by atoms with Crippen LogP contribution in [0.15, 0.2) is 29.2 Å². The van der Waals surface area contributed by atoms with E-state index in [4.69, 9.17) is 0 Å². The van der Waals surface area contributed by atoms with Gasteiger partial charge in [0.15, 0.2) is 0 Å². The zero-order valence-electron chi connectivity index (χ0n) is 11.0. The van der Waals surface area contributed by atoms with Crippen LogP contribution in [0.25, 0.3) is 0 Å². The van der Waals surface area contributed by atoms with Crippen LogP contribution in [0.1, 0.15) is 20.3 Å². The molecule has 1 aliphatic rings. The van der Waals surface area contributed by atoms with Crippen molar-refractivity contribution in [1.82, 2.24) is 5.32 Å². The highest BCUT2D eigenvalue weighted by molar-refractivity contribution is 7.99. The van der Waals surface area contributed by atoms with Crippen molar-refractivity contribution in [2.24, 2.45) is 0 Å². The number of hydrogen-bond donors (Lipinski definition) is 1. The largest absolute Gasteiger partial charge is 0.360 e. The van der Waals surface area contributed by atoms with Crippen LogP contribution in [-0.2, 0) is 4.79 Å². The Bertz CT molecular complexity index is 422. The van der Waals surface area contributed by atoms with Crippen molar-refractivity contribution in [3.05, 3.63) is 24.3 Å². The van der Waals surface area contributed by atoms with E-state index in [1.165, 1.54) is 10.6 Å². The molecule has 1 aliphatic heterocycles. The number of nitrogens with one attached hydrogen (secondary N) is 1. The molecule has 1 amide bonds. The second-order valence-corrected chi connectivity index (χ2v) is 5.75. The molecule has 1 N–H and O–H groups in total. The number of carbonyl (C=O) groups is 1. The summed E-state index contributed by atoms with van der Waals surface area (Å²) in [7, 11) is 0. The van der Waals surface area contributed by atoms with Crippen LogP contribution in [0.2, 0.25) is 0 Å². The third-order valence-electron chi connectivity index (χ3n) is 3.18. The summed E-state index contributed by atoms with van der Waals surface area (Å²) in [6.45, 7) is 5.52. The quantitative estimate of drug-likeness (QED) is 0.907. The first kappa shape index (κ1) is 13.3. The van der Waals surface area contributed by atoms with Gasteiger partial charge in [-0.15, -0.1) is 11.8 Å². The van der Waals surface area contributed by atoms with E-state index in [2.05, 4.69) is 35.3 Å². The topological polar surface area (TPSA) is 32.3 Å². The van der Waals surface area contributed by atoms with E-state index in [1.54, 1.807) is 0 Å². The number of anilines is 1. The Morgan fingerprint density at radius 1 is 1.50 bits per heavy atom. The summed E-state index contributed by atoms with van der Waals surface area (Å²) < 4.78 is 0.